The number of carbonyl (C=O) groups is 2. The third-order valence-electron chi connectivity index (χ3n) is 3.05. The van der Waals surface area contributed by atoms with Crippen LogP contribution in [0.1, 0.15) is 34.1 Å². The van der Waals surface area contributed by atoms with E-state index in [1.54, 1.807) is 11.8 Å². The van der Waals surface area contributed by atoms with E-state index in [2.05, 4.69) is 0 Å². The van der Waals surface area contributed by atoms with Crippen molar-refractivity contribution >= 4 is 11.8 Å². The summed E-state index contributed by atoms with van der Waals surface area (Å²) in [6, 6.07) is 0. The Morgan fingerprint density at radius 2 is 2.00 bits per heavy atom. The fourth-order valence-electron chi connectivity index (χ4n) is 1.74. The summed E-state index contributed by atoms with van der Waals surface area (Å²) in [5, 5.41) is 0. The minimum atomic E-state index is -0.586. The van der Waals surface area contributed by atoms with E-state index in [9.17, 15) is 9.59 Å². The van der Waals surface area contributed by atoms with Gasteiger partial charge in [-0.15, -0.1) is 0 Å². The summed E-state index contributed by atoms with van der Waals surface area (Å²) in [7, 11) is 0. The van der Waals surface area contributed by atoms with Gasteiger partial charge in [-0.05, 0) is 34.1 Å². The lowest BCUT2D eigenvalue weighted by Gasteiger charge is -2.23. The van der Waals surface area contributed by atoms with Gasteiger partial charge in [0.15, 0.2) is 0 Å². The predicted octanol–water partition coefficient (Wildman–Crippen LogP) is 0.525. The second-order valence-electron chi connectivity index (χ2n) is 5.89. The van der Waals surface area contributed by atoms with Gasteiger partial charge in [0, 0.05) is 13.1 Å². The van der Waals surface area contributed by atoms with Crippen LogP contribution in [0.5, 0.6) is 0 Å². The van der Waals surface area contributed by atoms with Crippen LogP contribution in [-0.4, -0.2) is 42.0 Å². The number of carbonyl (C=O) groups excluding carboxylic acids is 2. The second-order valence-corrected chi connectivity index (χ2v) is 5.89. The van der Waals surface area contributed by atoms with Gasteiger partial charge in [0.25, 0.3) is 0 Å². The molecule has 1 unspecified atom stereocenters. The van der Waals surface area contributed by atoms with Crippen molar-refractivity contribution < 1.29 is 14.3 Å². The maximum absolute atomic E-state index is 11.9. The van der Waals surface area contributed by atoms with Gasteiger partial charge in [0.2, 0.25) is 11.8 Å². The van der Waals surface area contributed by atoms with Crippen LogP contribution in [0.4, 0.5) is 0 Å². The molecule has 1 saturated heterocycles. The number of hydrogen-bond donors (Lipinski definition) is 1. The van der Waals surface area contributed by atoms with Crippen molar-refractivity contribution in [3.8, 4) is 0 Å². The van der Waals surface area contributed by atoms with Gasteiger partial charge < -0.3 is 15.4 Å². The summed E-state index contributed by atoms with van der Waals surface area (Å²) in [6.45, 7) is 8.53. The van der Waals surface area contributed by atoms with E-state index < -0.39 is 5.41 Å². The van der Waals surface area contributed by atoms with E-state index in [-0.39, 0.29) is 24.0 Å². The van der Waals surface area contributed by atoms with E-state index in [0.717, 1.165) is 0 Å². The third-order valence-corrected chi connectivity index (χ3v) is 3.05. The first-order valence-corrected chi connectivity index (χ1v) is 5.86. The molecule has 0 aromatic carbocycles. The van der Waals surface area contributed by atoms with E-state index >= 15 is 0 Å². The average Bonchev–Trinajstić information content (AvgIpc) is 2.58. The summed E-state index contributed by atoms with van der Waals surface area (Å²) in [5.74, 6) is -0.422. The SMILES string of the molecule is CC(C)(C)OCC(=O)N1CCC(C)(C(N)=O)C1. The van der Waals surface area contributed by atoms with Gasteiger partial charge in [0.05, 0.1) is 11.0 Å². The lowest BCUT2D eigenvalue weighted by molar-refractivity contribution is -0.140. The molecule has 1 fully saturated rings. The summed E-state index contributed by atoms with van der Waals surface area (Å²) < 4.78 is 5.42. The third kappa shape index (κ3) is 3.70. The molecule has 0 aromatic rings. The number of rotatable bonds is 3. The van der Waals surface area contributed by atoms with E-state index in [1.807, 2.05) is 20.8 Å². The molecule has 0 aromatic heterocycles. The molecule has 1 heterocycles. The van der Waals surface area contributed by atoms with Crippen molar-refractivity contribution in [1.82, 2.24) is 4.90 Å². The van der Waals surface area contributed by atoms with E-state index in [1.165, 1.54) is 0 Å². The minimum Gasteiger partial charge on any atom is -0.369 e. The number of nitrogens with zero attached hydrogens (tertiary/aromatic N) is 1. The number of ether oxygens (including phenoxy) is 1. The molecule has 0 bridgehead atoms. The molecule has 98 valence electrons. The highest BCUT2D eigenvalue weighted by atomic mass is 16.5. The highest BCUT2D eigenvalue weighted by Crippen LogP contribution is 2.29. The van der Waals surface area contributed by atoms with Crippen LogP contribution in [0.15, 0.2) is 0 Å². The highest BCUT2D eigenvalue weighted by Gasteiger charge is 2.40. The maximum atomic E-state index is 11.9. The van der Waals surface area contributed by atoms with Crippen LogP contribution < -0.4 is 5.73 Å². The lowest BCUT2D eigenvalue weighted by atomic mass is 9.89. The standard InChI is InChI=1S/C12H22N2O3/c1-11(2,3)17-7-9(15)14-6-5-12(4,8-14)10(13)16/h5-8H2,1-4H3,(H2,13,16). The van der Waals surface area contributed by atoms with Crippen molar-refractivity contribution in [1.29, 1.82) is 0 Å². The first-order chi connectivity index (χ1) is 7.64. The number of nitrogens with two attached hydrogens (primary N) is 1. The number of amides is 2. The number of likely N-dealkylation sites (tertiary alicyclic amines) is 1. The van der Waals surface area contributed by atoms with Gasteiger partial charge in [-0.2, -0.15) is 0 Å². The summed E-state index contributed by atoms with van der Waals surface area (Å²) in [6.07, 6.45) is 0.629. The van der Waals surface area contributed by atoms with Gasteiger partial charge in [-0.1, -0.05) is 0 Å². The molecule has 17 heavy (non-hydrogen) atoms. The normalized spacial score (nSPS) is 25.1. The van der Waals surface area contributed by atoms with Gasteiger partial charge >= 0.3 is 0 Å². The highest BCUT2D eigenvalue weighted by molar-refractivity contribution is 5.84. The molecule has 0 radical (unpaired) electrons. The first-order valence-electron chi connectivity index (χ1n) is 5.86. The number of hydrogen-bond acceptors (Lipinski definition) is 3. The molecule has 0 aliphatic carbocycles. The fraction of sp³-hybridized carbons (Fsp3) is 0.833. The number of primary amides is 1. The smallest absolute Gasteiger partial charge is 0.248 e. The Morgan fingerprint density at radius 3 is 2.41 bits per heavy atom. The Labute approximate surface area is 102 Å². The van der Waals surface area contributed by atoms with Crippen LogP contribution in [-0.2, 0) is 14.3 Å². The van der Waals surface area contributed by atoms with Crippen LogP contribution in [0.2, 0.25) is 0 Å². The molecule has 0 spiro atoms. The largest absolute Gasteiger partial charge is 0.369 e. The topological polar surface area (TPSA) is 72.6 Å². The molecular weight excluding hydrogens is 220 g/mol. The molecular formula is C12H22N2O3. The van der Waals surface area contributed by atoms with Crippen LogP contribution in [0.25, 0.3) is 0 Å². The molecule has 5 nitrogen and oxygen atoms in total. The van der Waals surface area contributed by atoms with Crippen LogP contribution in [0, 0.1) is 5.41 Å². The fourth-order valence-corrected chi connectivity index (χ4v) is 1.74. The van der Waals surface area contributed by atoms with E-state index in [4.69, 9.17) is 10.5 Å². The Morgan fingerprint density at radius 1 is 1.41 bits per heavy atom. The average molecular weight is 242 g/mol. The van der Waals surface area contributed by atoms with Crippen molar-refractivity contribution in [2.24, 2.45) is 11.1 Å². The van der Waals surface area contributed by atoms with Crippen LogP contribution in [0.3, 0.4) is 0 Å². The minimum absolute atomic E-state index is 0.0539. The predicted molar refractivity (Wildman–Crippen MR) is 64.2 cm³/mol. The molecule has 0 saturated carbocycles. The van der Waals surface area contributed by atoms with Crippen molar-refractivity contribution in [2.75, 3.05) is 19.7 Å². The Bertz CT molecular complexity index is 322. The lowest BCUT2D eigenvalue weighted by Crippen LogP contribution is -2.40. The first kappa shape index (κ1) is 14.0. The second kappa shape index (κ2) is 4.64. The van der Waals surface area contributed by atoms with Gasteiger partial charge in [-0.25, -0.2) is 0 Å². The zero-order valence-corrected chi connectivity index (χ0v) is 11.1. The summed E-state index contributed by atoms with van der Waals surface area (Å²) >= 11 is 0. The zero-order valence-electron chi connectivity index (χ0n) is 11.1. The van der Waals surface area contributed by atoms with Crippen molar-refractivity contribution in [2.45, 2.75) is 39.7 Å². The maximum Gasteiger partial charge on any atom is 0.248 e. The monoisotopic (exact) mass is 242 g/mol. The van der Waals surface area contributed by atoms with Gasteiger partial charge in [0.1, 0.15) is 6.61 Å². The van der Waals surface area contributed by atoms with Crippen molar-refractivity contribution in [3.63, 3.8) is 0 Å². The molecule has 5 heteroatoms. The molecule has 1 atom stereocenters. The molecule has 1 rings (SSSR count). The van der Waals surface area contributed by atoms with Crippen molar-refractivity contribution in [3.05, 3.63) is 0 Å². The summed E-state index contributed by atoms with van der Waals surface area (Å²) in [4.78, 5) is 24.8. The van der Waals surface area contributed by atoms with Gasteiger partial charge in [-0.3, -0.25) is 9.59 Å². The van der Waals surface area contributed by atoms with E-state index in [0.29, 0.717) is 19.5 Å². The quantitative estimate of drug-likeness (QED) is 0.784. The molecule has 2 amide bonds. The molecule has 1 aliphatic rings. The molecule has 2 N–H and O–H groups in total. The Kier molecular flexibility index (Phi) is 3.81. The Balaban J connectivity index is 2.49. The zero-order chi connectivity index (χ0) is 13.3. The van der Waals surface area contributed by atoms with Crippen LogP contribution >= 0.6 is 0 Å². The summed E-state index contributed by atoms with van der Waals surface area (Å²) in [5.41, 5.74) is 4.41. The Hall–Kier alpha value is -1.10. The molecule has 1 aliphatic heterocycles.